The van der Waals surface area contributed by atoms with E-state index in [0.29, 0.717) is 18.2 Å². The maximum Gasteiger partial charge on any atom is 0.191 e. The second-order valence-corrected chi connectivity index (χ2v) is 5.51. The topological polar surface area (TPSA) is 59.1 Å². The Morgan fingerprint density at radius 3 is 2.78 bits per heavy atom. The molecule has 5 nitrogen and oxygen atoms in total. The number of rotatable bonds is 4. The highest BCUT2D eigenvalue weighted by molar-refractivity contribution is 7.98. The number of hydrogen-bond donors (Lipinski definition) is 2. The molecular formula is C12H18N4OS. The molecule has 3 heterocycles. The van der Waals surface area contributed by atoms with Crippen LogP contribution in [-0.2, 0) is 4.74 Å². The lowest BCUT2D eigenvalue weighted by Gasteiger charge is -2.21. The van der Waals surface area contributed by atoms with Crippen molar-refractivity contribution in [2.75, 3.05) is 23.9 Å². The van der Waals surface area contributed by atoms with Gasteiger partial charge in [-0.05, 0) is 25.5 Å². The van der Waals surface area contributed by atoms with Crippen molar-refractivity contribution in [1.29, 1.82) is 0 Å². The molecule has 18 heavy (non-hydrogen) atoms. The van der Waals surface area contributed by atoms with Crippen LogP contribution in [0.5, 0.6) is 0 Å². The summed E-state index contributed by atoms with van der Waals surface area (Å²) in [6, 6.07) is 2.35. The van der Waals surface area contributed by atoms with Crippen molar-refractivity contribution in [3.8, 4) is 0 Å². The Hall–Kier alpha value is -1.01. The van der Waals surface area contributed by atoms with Crippen molar-refractivity contribution in [3.63, 3.8) is 0 Å². The number of nitrogens with zero attached hydrogens (tertiary/aromatic N) is 2. The van der Waals surface area contributed by atoms with Gasteiger partial charge in [0.05, 0.1) is 18.2 Å². The van der Waals surface area contributed by atoms with Crippen LogP contribution >= 0.6 is 11.8 Å². The number of anilines is 2. The molecule has 0 aliphatic carbocycles. The van der Waals surface area contributed by atoms with Gasteiger partial charge in [0, 0.05) is 13.1 Å². The van der Waals surface area contributed by atoms with Gasteiger partial charge in [-0.25, -0.2) is 9.97 Å². The van der Waals surface area contributed by atoms with Crippen molar-refractivity contribution in [2.45, 2.75) is 42.7 Å². The Balaban J connectivity index is 1.75. The minimum Gasteiger partial charge on any atom is -0.373 e. The fourth-order valence-corrected chi connectivity index (χ4v) is 3.08. The molecule has 2 aliphatic heterocycles. The van der Waals surface area contributed by atoms with Gasteiger partial charge in [0.25, 0.3) is 0 Å². The van der Waals surface area contributed by atoms with E-state index in [-0.39, 0.29) is 0 Å². The van der Waals surface area contributed by atoms with E-state index in [0.717, 1.165) is 23.2 Å². The first-order valence-electron chi connectivity index (χ1n) is 6.31. The largest absolute Gasteiger partial charge is 0.373 e. The van der Waals surface area contributed by atoms with Crippen LogP contribution in [0.4, 0.5) is 11.6 Å². The highest BCUT2D eigenvalue weighted by Crippen LogP contribution is 2.36. The SMILES string of the molecule is CNc1cc(NC2CC3CCC2O3)nc(SC)n1. The quantitative estimate of drug-likeness (QED) is 0.642. The van der Waals surface area contributed by atoms with Crippen molar-refractivity contribution in [1.82, 2.24) is 9.97 Å². The van der Waals surface area contributed by atoms with E-state index in [9.17, 15) is 0 Å². The molecule has 2 bridgehead atoms. The van der Waals surface area contributed by atoms with Gasteiger partial charge in [0.1, 0.15) is 11.6 Å². The van der Waals surface area contributed by atoms with Gasteiger partial charge in [0.2, 0.25) is 0 Å². The van der Waals surface area contributed by atoms with Crippen LogP contribution in [0.3, 0.4) is 0 Å². The number of thioether (sulfide) groups is 1. The molecule has 2 fully saturated rings. The average molecular weight is 266 g/mol. The van der Waals surface area contributed by atoms with Crippen molar-refractivity contribution >= 4 is 23.4 Å². The van der Waals surface area contributed by atoms with E-state index in [4.69, 9.17) is 4.74 Å². The molecule has 3 rings (SSSR count). The Kier molecular flexibility index (Phi) is 3.30. The average Bonchev–Trinajstić information content (AvgIpc) is 3.00. The third-order valence-electron chi connectivity index (χ3n) is 3.58. The number of fused-ring (bicyclic) bond motifs is 2. The minimum absolute atomic E-state index is 0.362. The Morgan fingerprint density at radius 1 is 1.33 bits per heavy atom. The fourth-order valence-electron chi connectivity index (χ4n) is 2.70. The highest BCUT2D eigenvalue weighted by Gasteiger charge is 2.40. The Labute approximate surface area is 111 Å². The second-order valence-electron chi connectivity index (χ2n) is 4.74. The van der Waals surface area contributed by atoms with Crippen LogP contribution in [0, 0.1) is 0 Å². The van der Waals surface area contributed by atoms with Crippen LogP contribution in [0.15, 0.2) is 11.2 Å². The minimum atomic E-state index is 0.362. The molecule has 1 aromatic heterocycles. The van der Waals surface area contributed by atoms with Gasteiger partial charge >= 0.3 is 0 Å². The van der Waals surface area contributed by atoms with E-state index < -0.39 is 0 Å². The summed E-state index contributed by atoms with van der Waals surface area (Å²) in [7, 11) is 1.87. The summed E-state index contributed by atoms with van der Waals surface area (Å²) in [5.41, 5.74) is 0. The molecule has 0 aromatic carbocycles. The number of nitrogens with one attached hydrogen (secondary N) is 2. The molecule has 0 radical (unpaired) electrons. The molecule has 98 valence electrons. The van der Waals surface area contributed by atoms with Gasteiger partial charge in [-0.15, -0.1) is 0 Å². The standard InChI is InChI=1S/C12H18N4OS/c1-13-10-6-11(16-12(15-10)18-2)14-8-5-7-3-4-9(8)17-7/h6-9H,3-5H2,1-2H3,(H2,13,14,15,16). The predicted octanol–water partition coefficient (Wildman–Crippen LogP) is 1.97. The smallest absolute Gasteiger partial charge is 0.191 e. The molecule has 0 saturated carbocycles. The van der Waals surface area contributed by atoms with E-state index in [1.807, 2.05) is 19.4 Å². The van der Waals surface area contributed by atoms with E-state index in [2.05, 4.69) is 20.6 Å². The van der Waals surface area contributed by atoms with Gasteiger partial charge in [-0.2, -0.15) is 0 Å². The van der Waals surface area contributed by atoms with Crippen molar-refractivity contribution < 1.29 is 4.74 Å². The van der Waals surface area contributed by atoms with Gasteiger partial charge < -0.3 is 15.4 Å². The third kappa shape index (κ3) is 2.27. The molecule has 2 aliphatic rings. The summed E-state index contributed by atoms with van der Waals surface area (Å²) in [6.45, 7) is 0. The maximum atomic E-state index is 5.84. The van der Waals surface area contributed by atoms with E-state index in [1.54, 1.807) is 11.8 Å². The first kappa shape index (κ1) is 12.0. The van der Waals surface area contributed by atoms with Crippen LogP contribution in [0.25, 0.3) is 0 Å². The lowest BCUT2D eigenvalue weighted by atomic mass is 9.95. The lowest BCUT2D eigenvalue weighted by molar-refractivity contribution is 0.102. The zero-order valence-corrected chi connectivity index (χ0v) is 11.5. The normalized spacial score (nSPS) is 29.6. The van der Waals surface area contributed by atoms with Gasteiger partial charge in [-0.3, -0.25) is 0 Å². The third-order valence-corrected chi connectivity index (χ3v) is 4.13. The second kappa shape index (κ2) is 4.93. The van der Waals surface area contributed by atoms with E-state index >= 15 is 0 Å². The monoisotopic (exact) mass is 266 g/mol. The summed E-state index contributed by atoms with van der Waals surface area (Å²) < 4.78 is 5.84. The van der Waals surface area contributed by atoms with Gasteiger partial charge in [0.15, 0.2) is 5.16 Å². The van der Waals surface area contributed by atoms with Crippen LogP contribution in [0.1, 0.15) is 19.3 Å². The molecule has 2 saturated heterocycles. The molecule has 0 amide bonds. The molecule has 0 spiro atoms. The molecular weight excluding hydrogens is 248 g/mol. The summed E-state index contributed by atoms with van der Waals surface area (Å²) in [6.07, 6.45) is 6.28. The molecule has 2 N–H and O–H groups in total. The summed E-state index contributed by atoms with van der Waals surface area (Å²) >= 11 is 1.55. The van der Waals surface area contributed by atoms with Crippen molar-refractivity contribution in [3.05, 3.63) is 6.07 Å². The lowest BCUT2D eigenvalue weighted by Crippen LogP contribution is -2.30. The van der Waals surface area contributed by atoms with E-state index in [1.165, 1.54) is 12.8 Å². The zero-order valence-electron chi connectivity index (χ0n) is 10.6. The Bertz CT molecular complexity index is 420. The van der Waals surface area contributed by atoms with Crippen LogP contribution in [-0.4, -0.2) is 41.5 Å². The zero-order chi connectivity index (χ0) is 12.5. The number of hydrogen-bond acceptors (Lipinski definition) is 6. The molecule has 1 aromatic rings. The first-order chi connectivity index (χ1) is 8.78. The molecule has 6 heteroatoms. The van der Waals surface area contributed by atoms with Crippen LogP contribution in [0.2, 0.25) is 0 Å². The first-order valence-corrected chi connectivity index (χ1v) is 7.54. The highest BCUT2D eigenvalue weighted by atomic mass is 32.2. The summed E-state index contributed by atoms with van der Waals surface area (Å²) in [5, 5.41) is 7.34. The molecule has 3 atom stereocenters. The van der Waals surface area contributed by atoms with Crippen molar-refractivity contribution in [2.24, 2.45) is 0 Å². The number of aromatic nitrogens is 2. The summed E-state index contributed by atoms with van der Waals surface area (Å²) in [5.74, 6) is 1.74. The van der Waals surface area contributed by atoms with Gasteiger partial charge in [-0.1, -0.05) is 11.8 Å². The summed E-state index contributed by atoms with van der Waals surface area (Å²) in [4.78, 5) is 8.85. The molecule has 3 unspecified atom stereocenters. The maximum absolute atomic E-state index is 5.84. The fraction of sp³-hybridized carbons (Fsp3) is 0.667. The van der Waals surface area contributed by atoms with Crippen LogP contribution < -0.4 is 10.6 Å². The number of ether oxygens (including phenoxy) is 1. The predicted molar refractivity (Wildman–Crippen MR) is 73.3 cm³/mol. The Morgan fingerprint density at radius 2 is 2.17 bits per heavy atom.